The Bertz CT molecular complexity index is 1460. The highest BCUT2D eigenvalue weighted by molar-refractivity contribution is 6.42. The second kappa shape index (κ2) is 11.4. The zero-order valence-corrected chi connectivity index (χ0v) is 23.3. The predicted molar refractivity (Wildman–Crippen MR) is 153 cm³/mol. The Morgan fingerprint density at radius 2 is 1.61 bits per heavy atom. The number of halogens is 2. The average molecular weight is 550 g/mol. The smallest absolute Gasteiger partial charge is 0.251 e. The molecule has 6 nitrogen and oxygen atoms in total. The summed E-state index contributed by atoms with van der Waals surface area (Å²) in [5, 5.41) is 11.3. The standard InChI is InChI=1S/C30H30Cl2N4O2/c1-19-10-8-9-13-25(19)36-27(18-26(35-36)30(2,3)4)34-29(38)24(16-20-11-6-5-7-12-20)33-28(37)21-14-15-22(31)23(32)17-21/h5-15,17-18,24H,16H2,1-4H3,(H,33,37)(H,34,38). The molecule has 0 spiro atoms. The van der Waals surface area contributed by atoms with Gasteiger partial charge in [-0.05, 0) is 42.3 Å². The lowest BCUT2D eigenvalue weighted by atomic mass is 9.92. The van der Waals surface area contributed by atoms with Gasteiger partial charge in [-0.3, -0.25) is 9.59 Å². The minimum Gasteiger partial charge on any atom is -0.340 e. The van der Waals surface area contributed by atoms with Crippen molar-refractivity contribution in [1.29, 1.82) is 0 Å². The number of anilines is 1. The molecule has 0 saturated heterocycles. The van der Waals surface area contributed by atoms with Gasteiger partial charge in [0, 0.05) is 23.5 Å². The molecule has 0 saturated carbocycles. The number of para-hydroxylation sites is 1. The first-order chi connectivity index (χ1) is 18.0. The van der Waals surface area contributed by atoms with Crippen molar-refractivity contribution in [1.82, 2.24) is 15.1 Å². The van der Waals surface area contributed by atoms with Gasteiger partial charge in [0.05, 0.1) is 21.4 Å². The lowest BCUT2D eigenvalue weighted by Gasteiger charge is -2.19. The number of rotatable bonds is 7. The molecule has 3 aromatic carbocycles. The first-order valence-corrected chi connectivity index (χ1v) is 13.1. The third-order valence-electron chi connectivity index (χ3n) is 6.16. The van der Waals surface area contributed by atoms with E-state index in [-0.39, 0.29) is 16.3 Å². The van der Waals surface area contributed by atoms with E-state index in [1.54, 1.807) is 16.8 Å². The van der Waals surface area contributed by atoms with Gasteiger partial charge in [0.2, 0.25) is 5.91 Å². The van der Waals surface area contributed by atoms with Crippen molar-refractivity contribution < 1.29 is 9.59 Å². The number of hydrogen-bond acceptors (Lipinski definition) is 3. The topological polar surface area (TPSA) is 76.0 Å². The van der Waals surface area contributed by atoms with E-state index in [2.05, 4.69) is 31.4 Å². The van der Waals surface area contributed by atoms with Gasteiger partial charge < -0.3 is 10.6 Å². The van der Waals surface area contributed by atoms with Gasteiger partial charge in [-0.15, -0.1) is 0 Å². The molecule has 1 atom stereocenters. The zero-order valence-electron chi connectivity index (χ0n) is 21.8. The summed E-state index contributed by atoms with van der Waals surface area (Å²) in [5.41, 5.74) is 3.68. The molecule has 1 unspecified atom stereocenters. The van der Waals surface area contributed by atoms with Crippen molar-refractivity contribution in [2.45, 2.75) is 45.6 Å². The van der Waals surface area contributed by atoms with Crippen LogP contribution in [-0.2, 0) is 16.6 Å². The van der Waals surface area contributed by atoms with Crippen LogP contribution in [0.1, 0.15) is 48.0 Å². The number of aryl methyl sites for hydroxylation is 1. The lowest BCUT2D eigenvalue weighted by molar-refractivity contribution is -0.118. The molecule has 2 amide bonds. The van der Waals surface area contributed by atoms with Gasteiger partial charge in [-0.25, -0.2) is 4.68 Å². The maximum atomic E-state index is 13.7. The molecule has 0 aliphatic carbocycles. The minimum absolute atomic E-state index is 0.237. The fraction of sp³-hybridized carbons (Fsp3) is 0.233. The second-order valence-electron chi connectivity index (χ2n) is 10.2. The quantitative estimate of drug-likeness (QED) is 0.267. The maximum absolute atomic E-state index is 13.7. The SMILES string of the molecule is Cc1ccccc1-n1nc(C(C)(C)C)cc1NC(=O)C(Cc1ccccc1)NC(=O)c1ccc(Cl)c(Cl)c1. The summed E-state index contributed by atoms with van der Waals surface area (Å²) in [4.78, 5) is 26.8. The first kappa shape index (κ1) is 27.4. The van der Waals surface area contributed by atoms with Crippen LogP contribution in [0.15, 0.2) is 78.9 Å². The molecule has 38 heavy (non-hydrogen) atoms. The summed E-state index contributed by atoms with van der Waals surface area (Å²) in [6, 6.07) is 23.0. The van der Waals surface area contributed by atoms with Gasteiger partial charge >= 0.3 is 0 Å². The largest absolute Gasteiger partial charge is 0.340 e. The summed E-state index contributed by atoms with van der Waals surface area (Å²) < 4.78 is 1.74. The maximum Gasteiger partial charge on any atom is 0.251 e. The molecule has 0 bridgehead atoms. The predicted octanol–water partition coefficient (Wildman–Crippen LogP) is 6.76. The van der Waals surface area contributed by atoms with Crippen molar-refractivity contribution in [2.24, 2.45) is 0 Å². The Morgan fingerprint density at radius 3 is 2.26 bits per heavy atom. The Balaban J connectivity index is 1.67. The molecule has 4 aromatic rings. The van der Waals surface area contributed by atoms with Crippen molar-refractivity contribution >= 4 is 40.8 Å². The van der Waals surface area contributed by atoms with Crippen LogP contribution < -0.4 is 10.6 Å². The fourth-order valence-electron chi connectivity index (χ4n) is 3.97. The number of nitrogens with zero attached hydrogens (tertiary/aromatic N) is 2. The van der Waals surface area contributed by atoms with Crippen molar-refractivity contribution in [3.63, 3.8) is 0 Å². The molecule has 2 N–H and O–H groups in total. The second-order valence-corrected chi connectivity index (χ2v) is 11.0. The third kappa shape index (κ3) is 6.44. The van der Waals surface area contributed by atoms with Crippen LogP contribution in [-0.4, -0.2) is 27.6 Å². The van der Waals surface area contributed by atoms with Crippen LogP contribution in [0.3, 0.4) is 0 Å². The van der Waals surface area contributed by atoms with E-state index >= 15 is 0 Å². The summed E-state index contributed by atoms with van der Waals surface area (Å²) >= 11 is 12.1. The molecule has 196 valence electrons. The number of benzene rings is 3. The number of nitrogens with one attached hydrogen (secondary N) is 2. The molecule has 0 aliphatic rings. The summed E-state index contributed by atoms with van der Waals surface area (Å²) in [6.45, 7) is 8.20. The van der Waals surface area contributed by atoms with E-state index in [1.165, 1.54) is 6.07 Å². The van der Waals surface area contributed by atoms with E-state index in [4.69, 9.17) is 28.3 Å². The van der Waals surface area contributed by atoms with E-state index in [0.29, 0.717) is 22.8 Å². The molecule has 8 heteroatoms. The Morgan fingerprint density at radius 1 is 0.921 bits per heavy atom. The van der Waals surface area contributed by atoms with Gasteiger partial charge in [0.15, 0.2) is 0 Å². The summed E-state index contributed by atoms with van der Waals surface area (Å²) in [6.07, 6.45) is 0.296. The lowest BCUT2D eigenvalue weighted by Crippen LogP contribution is -2.45. The van der Waals surface area contributed by atoms with Gasteiger partial charge in [0.25, 0.3) is 5.91 Å². The Labute approximate surface area is 233 Å². The van der Waals surface area contributed by atoms with Gasteiger partial charge in [-0.2, -0.15) is 5.10 Å². The van der Waals surface area contributed by atoms with Crippen molar-refractivity contribution in [2.75, 3.05) is 5.32 Å². The number of aromatic nitrogens is 2. The van der Waals surface area contributed by atoms with E-state index in [9.17, 15) is 9.59 Å². The third-order valence-corrected chi connectivity index (χ3v) is 6.90. The fourth-order valence-corrected chi connectivity index (χ4v) is 4.27. The molecule has 1 aromatic heterocycles. The van der Waals surface area contributed by atoms with Gasteiger partial charge in [-0.1, -0.05) is 92.5 Å². The van der Waals surface area contributed by atoms with Crippen LogP contribution in [0.2, 0.25) is 10.0 Å². The minimum atomic E-state index is -0.863. The highest BCUT2D eigenvalue weighted by Gasteiger charge is 2.26. The molecule has 1 heterocycles. The van der Waals surface area contributed by atoms with E-state index in [0.717, 1.165) is 22.5 Å². The molecular formula is C30H30Cl2N4O2. The van der Waals surface area contributed by atoms with E-state index < -0.39 is 11.9 Å². The van der Waals surface area contributed by atoms with Crippen molar-refractivity contribution in [3.05, 3.63) is 111 Å². The van der Waals surface area contributed by atoms with Crippen LogP contribution in [0.4, 0.5) is 5.82 Å². The van der Waals surface area contributed by atoms with E-state index in [1.807, 2.05) is 67.6 Å². The van der Waals surface area contributed by atoms with Crippen LogP contribution in [0.5, 0.6) is 0 Å². The number of amides is 2. The Hall–Kier alpha value is -3.61. The summed E-state index contributed by atoms with van der Waals surface area (Å²) in [5.74, 6) is -0.268. The Kier molecular flexibility index (Phi) is 8.24. The van der Waals surface area contributed by atoms with Crippen LogP contribution in [0, 0.1) is 6.92 Å². The molecule has 0 aliphatic heterocycles. The first-order valence-electron chi connectivity index (χ1n) is 12.3. The van der Waals surface area contributed by atoms with Gasteiger partial charge in [0.1, 0.15) is 11.9 Å². The normalized spacial score (nSPS) is 12.2. The average Bonchev–Trinajstić information content (AvgIpc) is 3.30. The number of carbonyl (C=O) groups is 2. The molecular weight excluding hydrogens is 519 g/mol. The number of carbonyl (C=O) groups excluding carboxylic acids is 2. The number of hydrogen-bond donors (Lipinski definition) is 2. The molecule has 0 radical (unpaired) electrons. The van der Waals surface area contributed by atoms with Crippen LogP contribution >= 0.6 is 23.2 Å². The highest BCUT2D eigenvalue weighted by atomic mass is 35.5. The zero-order chi connectivity index (χ0) is 27.4. The highest BCUT2D eigenvalue weighted by Crippen LogP contribution is 2.28. The van der Waals surface area contributed by atoms with Crippen LogP contribution in [0.25, 0.3) is 5.69 Å². The van der Waals surface area contributed by atoms with Crippen molar-refractivity contribution in [3.8, 4) is 5.69 Å². The molecule has 4 rings (SSSR count). The molecule has 0 fully saturated rings. The summed E-state index contributed by atoms with van der Waals surface area (Å²) in [7, 11) is 0. The monoisotopic (exact) mass is 548 g/mol.